The maximum Gasteiger partial charge on any atom is 0.192 e. The molecule has 21 heavy (non-hydrogen) atoms. The fourth-order valence-corrected chi connectivity index (χ4v) is 2.71. The number of aliphatic hydroxyl groups is 1. The average Bonchev–Trinajstić information content (AvgIpc) is 3.12. The Bertz CT molecular complexity index is 679. The standard InChI is InChI=1S/C13H13FN4O3/c14-8-3-9(5-15-4-8)18-6-11(16-17-18)13(19)2-1-10-7-20-12(13)21-10/h3-6,10,12,19H,1-2,7H2/t10-,12+,13?/m0/s1. The van der Waals surface area contributed by atoms with Gasteiger partial charge in [-0.2, -0.15) is 0 Å². The van der Waals surface area contributed by atoms with Crippen molar-refractivity contribution in [3.05, 3.63) is 36.2 Å². The van der Waals surface area contributed by atoms with Crippen molar-refractivity contribution in [3.8, 4) is 5.69 Å². The minimum Gasteiger partial charge on any atom is -0.378 e. The highest BCUT2D eigenvalue weighted by molar-refractivity contribution is 5.28. The molecule has 0 spiro atoms. The van der Waals surface area contributed by atoms with Gasteiger partial charge in [0.25, 0.3) is 0 Å². The summed E-state index contributed by atoms with van der Waals surface area (Å²) in [5.74, 6) is -0.466. The summed E-state index contributed by atoms with van der Waals surface area (Å²) >= 11 is 0. The molecule has 2 aromatic heterocycles. The van der Waals surface area contributed by atoms with E-state index in [4.69, 9.17) is 9.47 Å². The van der Waals surface area contributed by atoms with Gasteiger partial charge in [-0.05, 0) is 12.8 Å². The molecule has 7 nitrogen and oxygen atoms in total. The predicted octanol–water partition coefficient (Wildman–Crippen LogP) is 0.524. The van der Waals surface area contributed by atoms with Crippen molar-refractivity contribution in [1.82, 2.24) is 20.0 Å². The summed E-state index contributed by atoms with van der Waals surface area (Å²) in [4.78, 5) is 3.76. The van der Waals surface area contributed by atoms with Crippen molar-refractivity contribution in [3.63, 3.8) is 0 Å². The molecule has 4 heterocycles. The van der Waals surface area contributed by atoms with Crippen LogP contribution in [0, 0.1) is 5.82 Å². The van der Waals surface area contributed by atoms with Gasteiger partial charge in [-0.3, -0.25) is 4.98 Å². The molecule has 2 aliphatic rings. The molecule has 0 amide bonds. The van der Waals surface area contributed by atoms with E-state index in [1.54, 1.807) is 6.20 Å². The summed E-state index contributed by atoms with van der Waals surface area (Å²) in [5.41, 5.74) is -0.553. The second-order valence-corrected chi connectivity index (χ2v) is 5.30. The first kappa shape index (κ1) is 12.8. The molecule has 2 bridgehead atoms. The van der Waals surface area contributed by atoms with Crippen LogP contribution in [-0.4, -0.2) is 44.1 Å². The number of fused-ring (bicyclic) bond motifs is 2. The lowest BCUT2D eigenvalue weighted by Gasteiger charge is -2.34. The zero-order chi connectivity index (χ0) is 14.4. The maximum atomic E-state index is 13.2. The molecule has 2 aliphatic heterocycles. The quantitative estimate of drug-likeness (QED) is 0.869. The van der Waals surface area contributed by atoms with E-state index in [0.29, 0.717) is 30.8 Å². The van der Waals surface area contributed by atoms with E-state index in [0.717, 1.165) is 6.20 Å². The predicted molar refractivity (Wildman–Crippen MR) is 66.9 cm³/mol. The summed E-state index contributed by atoms with van der Waals surface area (Å²) in [6.45, 7) is 0.481. The van der Waals surface area contributed by atoms with E-state index >= 15 is 0 Å². The van der Waals surface area contributed by atoms with E-state index < -0.39 is 17.7 Å². The monoisotopic (exact) mass is 292 g/mol. The maximum absolute atomic E-state index is 13.2. The molecular formula is C13H13FN4O3. The van der Waals surface area contributed by atoms with Gasteiger partial charge >= 0.3 is 0 Å². The summed E-state index contributed by atoms with van der Waals surface area (Å²) in [6, 6.07) is 1.29. The van der Waals surface area contributed by atoms with E-state index in [2.05, 4.69) is 15.3 Å². The molecule has 0 aromatic carbocycles. The number of aromatic nitrogens is 4. The number of nitrogens with zero attached hydrogens (tertiary/aromatic N) is 4. The molecule has 1 N–H and O–H groups in total. The Labute approximate surface area is 119 Å². The molecule has 110 valence electrons. The van der Waals surface area contributed by atoms with Gasteiger partial charge in [-0.25, -0.2) is 9.07 Å². The summed E-state index contributed by atoms with van der Waals surface area (Å²) < 4.78 is 25.6. The van der Waals surface area contributed by atoms with Crippen molar-refractivity contribution in [1.29, 1.82) is 0 Å². The Morgan fingerprint density at radius 3 is 3.19 bits per heavy atom. The first-order valence-corrected chi connectivity index (χ1v) is 6.68. The SMILES string of the molecule is OC1(c2cn(-c3cncc(F)c3)nn2)CC[C@H]2CO[C@@H]1O2. The second-order valence-electron chi connectivity index (χ2n) is 5.30. The van der Waals surface area contributed by atoms with Crippen LogP contribution in [0.15, 0.2) is 24.7 Å². The van der Waals surface area contributed by atoms with Crippen LogP contribution in [0.5, 0.6) is 0 Å². The number of ether oxygens (including phenoxy) is 2. The van der Waals surface area contributed by atoms with E-state index in [1.807, 2.05) is 0 Å². The Morgan fingerprint density at radius 2 is 2.33 bits per heavy atom. The summed E-state index contributed by atoms with van der Waals surface area (Å²) in [7, 11) is 0. The third-order valence-electron chi connectivity index (χ3n) is 3.88. The van der Waals surface area contributed by atoms with Gasteiger partial charge in [0.1, 0.15) is 11.5 Å². The molecule has 2 aromatic rings. The largest absolute Gasteiger partial charge is 0.378 e. The molecule has 2 fully saturated rings. The summed E-state index contributed by atoms with van der Waals surface area (Å²) in [6.07, 6.45) is 4.61. The van der Waals surface area contributed by atoms with Crippen LogP contribution in [0.4, 0.5) is 4.39 Å². The minimum absolute atomic E-state index is 0.0396. The van der Waals surface area contributed by atoms with Crippen molar-refractivity contribution >= 4 is 0 Å². The van der Waals surface area contributed by atoms with Crippen LogP contribution in [0.25, 0.3) is 5.69 Å². The van der Waals surface area contributed by atoms with Gasteiger partial charge in [0, 0.05) is 6.07 Å². The molecule has 2 saturated heterocycles. The minimum atomic E-state index is -1.33. The smallest absolute Gasteiger partial charge is 0.192 e. The first-order valence-electron chi connectivity index (χ1n) is 6.68. The first-order chi connectivity index (χ1) is 10.1. The molecule has 1 unspecified atom stereocenters. The second kappa shape index (κ2) is 4.55. The number of rotatable bonds is 2. The lowest BCUT2D eigenvalue weighted by atomic mass is 9.90. The molecule has 0 saturated carbocycles. The molecular weight excluding hydrogens is 279 g/mol. The highest BCUT2D eigenvalue weighted by Crippen LogP contribution is 2.40. The zero-order valence-electron chi connectivity index (χ0n) is 11.0. The van der Waals surface area contributed by atoms with Gasteiger partial charge in [0.05, 0.1) is 37.0 Å². The van der Waals surface area contributed by atoms with Gasteiger partial charge in [0.15, 0.2) is 11.9 Å². The molecule has 8 heteroatoms. The lowest BCUT2D eigenvalue weighted by molar-refractivity contribution is -0.219. The van der Waals surface area contributed by atoms with Crippen LogP contribution >= 0.6 is 0 Å². The molecule has 0 aliphatic carbocycles. The van der Waals surface area contributed by atoms with Crippen LogP contribution in [-0.2, 0) is 15.1 Å². The van der Waals surface area contributed by atoms with Crippen molar-refractivity contribution < 1.29 is 19.0 Å². The molecule has 3 atom stereocenters. The van der Waals surface area contributed by atoms with Gasteiger partial charge in [-0.15, -0.1) is 5.10 Å². The molecule has 4 rings (SSSR count). The van der Waals surface area contributed by atoms with E-state index in [9.17, 15) is 9.50 Å². The van der Waals surface area contributed by atoms with Crippen molar-refractivity contribution in [2.24, 2.45) is 0 Å². The fraction of sp³-hybridized carbons (Fsp3) is 0.462. The molecule has 0 radical (unpaired) electrons. The van der Waals surface area contributed by atoms with Gasteiger partial charge < -0.3 is 14.6 Å². The average molecular weight is 292 g/mol. The third-order valence-corrected chi connectivity index (χ3v) is 3.88. The van der Waals surface area contributed by atoms with Gasteiger partial charge in [0.2, 0.25) is 0 Å². The van der Waals surface area contributed by atoms with Crippen molar-refractivity contribution in [2.75, 3.05) is 6.61 Å². The fourth-order valence-electron chi connectivity index (χ4n) is 2.71. The number of halogens is 1. The number of hydrogen-bond acceptors (Lipinski definition) is 6. The topological polar surface area (TPSA) is 82.3 Å². The Hall–Kier alpha value is -1.90. The third kappa shape index (κ3) is 2.03. The van der Waals surface area contributed by atoms with Crippen molar-refractivity contribution in [2.45, 2.75) is 30.8 Å². The lowest BCUT2D eigenvalue weighted by Crippen LogP contribution is -2.44. The van der Waals surface area contributed by atoms with E-state index in [-0.39, 0.29) is 6.10 Å². The van der Waals surface area contributed by atoms with Crippen LogP contribution in [0.2, 0.25) is 0 Å². The van der Waals surface area contributed by atoms with Gasteiger partial charge in [-0.1, -0.05) is 5.21 Å². The Balaban J connectivity index is 1.68. The number of hydrogen-bond donors (Lipinski definition) is 1. The Morgan fingerprint density at radius 1 is 1.43 bits per heavy atom. The van der Waals surface area contributed by atoms with Crippen LogP contribution in [0.3, 0.4) is 0 Å². The summed E-state index contributed by atoms with van der Waals surface area (Å²) in [5, 5.41) is 18.7. The van der Waals surface area contributed by atoms with E-state index in [1.165, 1.54) is 16.9 Å². The normalized spacial score (nSPS) is 31.5. The highest BCUT2D eigenvalue weighted by atomic mass is 19.1. The zero-order valence-corrected chi connectivity index (χ0v) is 11.0. The van der Waals surface area contributed by atoms with Crippen LogP contribution in [0.1, 0.15) is 18.5 Å². The Kier molecular flexibility index (Phi) is 2.78. The highest BCUT2D eigenvalue weighted by Gasteiger charge is 2.51. The van der Waals surface area contributed by atoms with Crippen LogP contribution < -0.4 is 0 Å². The number of pyridine rings is 1.